The van der Waals surface area contributed by atoms with Gasteiger partial charge in [0.15, 0.2) is 5.78 Å². The number of halogens is 1. The molecule has 0 atom stereocenters. The number of Topliss-reactive ketones (excluding diaryl/α,β-unsaturated/α-hetero) is 1. The van der Waals surface area contributed by atoms with E-state index in [1.54, 1.807) is 18.5 Å². The van der Waals surface area contributed by atoms with E-state index in [4.69, 9.17) is 0 Å². The third-order valence-electron chi connectivity index (χ3n) is 3.99. The van der Waals surface area contributed by atoms with E-state index in [1.807, 2.05) is 20.8 Å². The summed E-state index contributed by atoms with van der Waals surface area (Å²) in [6.45, 7) is 5.56. The number of carbonyl (C=O) groups is 2. The van der Waals surface area contributed by atoms with E-state index in [0.29, 0.717) is 11.3 Å². The minimum atomic E-state index is -0.492. The average Bonchev–Trinajstić information content (AvgIpc) is 2.47. The molecule has 122 valence electrons. The maximum atomic E-state index is 12.7. The number of anilines is 1. The van der Waals surface area contributed by atoms with Gasteiger partial charge in [-0.3, -0.25) is 14.6 Å². The fourth-order valence-electron chi connectivity index (χ4n) is 2.59. The highest BCUT2D eigenvalue weighted by Gasteiger charge is 2.27. The number of hydrogen-bond acceptors (Lipinski definition) is 3. The van der Waals surface area contributed by atoms with E-state index in [1.165, 1.54) is 6.42 Å². The van der Waals surface area contributed by atoms with Crippen LogP contribution in [0.1, 0.15) is 63.2 Å². The van der Waals surface area contributed by atoms with Crippen molar-refractivity contribution in [3.8, 4) is 0 Å². The van der Waals surface area contributed by atoms with Gasteiger partial charge in [0.2, 0.25) is 5.91 Å². The lowest BCUT2D eigenvalue weighted by Gasteiger charge is -2.22. The van der Waals surface area contributed by atoms with Crippen molar-refractivity contribution in [3.63, 3.8) is 0 Å². The van der Waals surface area contributed by atoms with Crippen LogP contribution in [0, 0.1) is 11.3 Å². The minimum Gasteiger partial charge on any atom is -0.325 e. The van der Waals surface area contributed by atoms with Crippen molar-refractivity contribution in [2.24, 2.45) is 11.3 Å². The van der Waals surface area contributed by atoms with Crippen molar-refractivity contribution in [1.82, 2.24) is 4.98 Å². The first-order chi connectivity index (χ1) is 9.89. The Kier molecular flexibility index (Phi) is 6.54. The molecule has 1 N–H and O–H groups in total. The average molecular weight is 325 g/mol. The number of amides is 1. The van der Waals surface area contributed by atoms with Crippen LogP contribution in [0.5, 0.6) is 0 Å². The molecule has 5 heteroatoms. The zero-order valence-corrected chi connectivity index (χ0v) is 14.3. The fraction of sp³-hybridized carbons (Fsp3) is 0.588. The molecule has 22 heavy (non-hydrogen) atoms. The molecule has 0 spiro atoms. The third kappa shape index (κ3) is 4.54. The maximum Gasteiger partial charge on any atom is 0.229 e. The van der Waals surface area contributed by atoms with Gasteiger partial charge in [-0.25, -0.2) is 0 Å². The van der Waals surface area contributed by atoms with Crippen molar-refractivity contribution in [1.29, 1.82) is 0 Å². The van der Waals surface area contributed by atoms with Crippen LogP contribution in [0.4, 0.5) is 5.69 Å². The molecule has 1 saturated carbocycles. The van der Waals surface area contributed by atoms with Crippen molar-refractivity contribution >= 4 is 29.8 Å². The molecular formula is C17H25ClN2O2. The Labute approximate surface area is 138 Å². The Morgan fingerprint density at radius 1 is 1.18 bits per heavy atom. The number of nitrogens with zero attached hydrogens (tertiary/aromatic N) is 1. The number of aromatic nitrogens is 1. The summed E-state index contributed by atoms with van der Waals surface area (Å²) in [5.41, 5.74) is 0.636. The number of carbonyl (C=O) groups excluding carboxylic acids is 2. The largest absolute Gasteiger partial charge is 0.325 e. The van der Waals surface area contributed by atoms with E-state index in [9.17, 15) is 9.59 Å². The Morgan fingerprint density at radius 3 is 2.41 bits per heavy atom. The Hall–Kier alpha value is -1.42. The van der Waals surface area contributed by atoms with Gasteiger partial charge in [0, 0.05) is 23.7 Å². The second kappa shape index (κ2) is 7.73. The monoisotopic (exact) mass is 324 g/mol. The van der Waals surface area contributed by atoms with Crippen LogP contribution < -0.4 is 5.32 Å². The molecule has 0 saturated heterocycles. The van der Waals surface area contributed by atoms with Gasteiger partial charge in [-0.05, 0) is 18.9 Å². The van der Waals surface area contributed by atoms with Gasteiger partial charge in [0.1, 0.15) is 0 Å². The van der Waals surface area contributed by atoms with Crippen molar-refractivity contribution in [2.75, 3.05) is 5.32 Å². The molecule has 0 aliphatic heterocycles. The maximum absolute atomic E-state index is 12.7. The molecular weight excluding hydrogens is 300 g/mol. The summed E-state index contributed by atoms with van der Waals surface area (Å²) in [6.07, 6.45) is 8.51. The van der Waals surface area contributed by atoms with Crippen LogP contribution in [0.3, 0.4) is 0 Å². The fourth-order valence-corrected chi connectivity index (χ4v) is 2.59. The number of hydrogen-bond donors (Lipinski definition) is 1. The van der Waals surface area contributed by atoms with Crippen LogP contribution in [0.15, 0.2) is 18.5 Å². The number of nitrogens with one attached hydrogen (secondary N) is 1. The van der Waals surface area contributed by atoms with Crippen molar-refractivity contribution in [2.45, 2.75) is 52.9 Å². The lowest BCUT2D eigenvalue weighted by atomic mass is 9.84. The second-order valence-electron chi connectivity index (χ2n) is 6.82. The molecule has 1 aromatic heterocycles. The Balaban J connectivity index is 0.00000242. The summed E-state index contributed by atoms with van der Waals surface area (Å²) in [5, 5.41) is 2.87. The molecule has 0 unspecified atom stereocenters. The zero-order valence-electron chi connectivity index (χ0n) is 13.5. The molecule has 1 amide bonds. The van der Waals surface area contributed by atoms with Crippen LogP contribution >= 0.6 is 12.4 Å². The molecule has 0 aromatic carbocycles. The summed E-state index contributed by atoms with van der Waals surface area (Å²) >= 11 is 0. The Bertz CT molecular complexity index is 532. The summed E-state index contributed by atoms with van der Waals surface area (Å²) in [5.74, 6) is 0.103. The lowest BCUT2D eigenvalue weighted by Crippen LogP contribution is -2.29. The summed E-state index contributed by atoms with van der Waals surface area (Å²) in [4.78, 5) is 28.9. The normalized spacial score (nSPS) is 15.8. The first kappa shape index (κ1) is 18.6. The molecule has 4 nitrogen and oxygen atoms in total. The van der Waals surface area contributed by atoms with Gasteiger partial charge in [0.05, 0.1) is 11.3 Å². The Morgan fingerprint density at radius 2 is 1.82 bits per heavy atom. The molecule has 2 rings (SSSR count). The predicted molar refractivity (Wildman–Crippen MR) is 90.5 cm³/mol. The van der Waals surface area contributed by atoms with E-state index in [2.05, 4.69) is 10.3 Å². The van der Waals surface area contributed by atoms with E-state index in [-0.39, 0.29) is 30.0 Å². The third-order valence-corrected chi connectivity index (χ3v) is 3.99. The van der Waals surface area contributed by atoms with Crippen LogP contribution in [0.2, 0.25) is 0 Å². The second-order valence-corrected chi connectivity index (χ2v) is 6.82. The van der Waals surface area contributed by atoms with Gasteiger partial charge in [-0.2, -0.15) is 0 Å². The number of rotatable bonds is 3. The molecule has 1 heterocycles. The van der Waals surface area contributed by atoms with E-state index >= 15 is 0 Å². The summed E-state index contributed by atoms with van der Waals surface area (Å²) in [6, 6.07) is 1.71. The smallest absolute Gasteiger partial charge is 0.229 e. The lowest BCUT2D eigenvalue weighted by molar-refractivity contribution is -0.123. The molecule has 1 aromatic rings. The van der Waals surface area contributed by atoms with Crippen molar-refractivity contribution < 1.29 is 9.59 Å². The first-order valence-electron chi connectivity index (χ1n) is 7.69. The number of pyridine rings is 1. The molecule has 0 bridgehead atoms. The predicted octanol–water partition coefficient (Wildman–Crippen LogP) is 4.25. The topological polar surface area (TPSA) is 59.1 Å². The van der Waals surface area contributed by atoms with Crippen LogP contribution in [-0.2, 0) is 4.79 Å². The van der Waals surface area contributed by atoms with Gasteiger partial charge >= 0.3 is 0 Å². The number of ketones is 1. The van der Waals surface area contributed by atoms with Crippen LogP contribution in [0.25, 0.3) is 0 Å². The van der Waals surface area contributed by atoms with E-state index < -0.39 is 5.41 Å². The van der Waals surface area contributed by atoms with Crippen molar-refractivity contribution in [3.05, 3.63) is 24.0 Å². The standard InChI is InChI=1S/C17H24N2O2.ClH/c1-17(2,3)16(21)19-14-9-10-18-11-13(14)15(20)12-7-5-4-6-8-12;/h9-12H,4-8H2,1-3H3,(H,18,19,21);1H. The molecule has 1 aliphatic carbocycles. The summed E-state index contributed by atoms with van der Waals surface area (Å²) < 4.78 is 0. The highest BCUT2D eigenvalue weighted by atomic mass is 35.5. The molecule has 1 fully saturated rings. The highest BCUT2D eigenvalue weighted by Crippen LogP contribution is 2.29. The minimum absolute atomic E-state index is 0. The quantitative estimate of drug-likeness (QED) is 0.845. The zero-order chi connectivity index (χ0) is 15.5. The van der Waals surface area contributed by atoms with Gasteiger partial charge in [-0.1, -0.05) is 40.0 Å². The van der Waals surface area contributed by atoms with Gasteiger partial charge in [0.25, 0.3) is 0 Å². The van der Waals surface area contributed by atoms with Crippen LogP contribution in [-0.4, -0.2) is 16.7 Å². The van der Waals surface area contributed by atoms with Gasteiger partial charge in [-0.15, -0.1) is 12.4 Å². The van der Waals surface area contributed by atoms with E-state index in [0.717, 1.165) is 25.7 Å². The first-order valence-corrected chi connectivity index (χ1v) is 7.69. The molecule has 0 radical (unpaired) electrons. The summed E-state index contributed by atoms with van der Waals surface area (Å²) in [7, 11) is 0. The molecule has 1 aliphatic rings. The highest BCUT2D eigenvalue weighted by molar-refractivity contribution is 6.06. The SMILES string of the molecule is CC(C)(C)C(=O)Nc1ccncc1C(=O)C1CCCCC1.Cl. The van der Waals surface area contributed by atoms with Gasteiger partial charge < -0.3 is 5.32 Å².